The molecule has 23 heavy (non-hydrogen) atoms. The van der Waals surface area contributed by atoms with Crippen LogP contribution in [0.5, 0.6) is 0 Å². The summed E-state index contributed by atoms with van der Waals surface area (Å²) >= 11 is 0. The Morgan fingerprint density at radius 2 is 2.00 bits per heavy atom. The standard InChI is InChI=1S/C15H23N5O2.ClH/c1-22-11-12-9-20(15-17-3-2-4-18-15)10-13(12)14(21)19-7-5-16-6-8-19;/h2-4,12-13,16H,5-11H2,1H3;1H/t12-,13+;/m0./s1. The topological polar surface area (TPSA) is 70.6 Å². The van der Waals surface area contributed by atoms with E-state index in [2.05, 4.69) is 20.2 Å². The van der Waals surface area contributed by atoms with E-state index < -0.39 is 0 Å². The van der Waals surface area contributed by atoms with Crippen molar-refractivity contribution >= 4 is 24.3 Å². The molecule has 0 aromatic carbocycles. The molecule has 128 valence electrons. The second-order valence-electron chi connectivity index (χ2n) is 5.85. The van der Waals surface area contributed by atoms with E-state index in [1.54, 1.807) is 25.6 Å². The molecular formula is C15H24ClN5O2. The summed E-state index contributed by atoms with van der Waals surface area (Å²) in [5, 5.41) is 3.28. The summed E-state index contributed by atoms with van der Waals surface area (Å²) in [4.78, 5) is 25.5. The molecule has 0 saturated carbocycles. The van der Waals surface area contributed by atoms with Crippen molar-refractivity contribution in [2.45, 2.75) is 0 Å². The van der Waals surface area contributed by atoms with Crippen LogP contribution in [-0.4, -0.2) is 73.8 Å². The molecule has 2 aliphatic rings. The van der Waals surface area contributed by atoms with Crippen LogP contribution in [0, 0.1) is 11.8 Å². The molecule has 0 bridgehead atoms. The zero-order chi connectivity index (χ0) is 15.4. The van der Waals surface area contributed by atoms with Gasteiger partial charge in [-0.05, 0) is 6.07 Å². The van der Waals surface area contributed by atoms with E-state index in [-0.39, 0.29) is 30.2 Å². The molecule has 7 nitrogen and oxygen atoms in total. The first kappa shape index (κ1) is 17.9. The number of nitrogens with one attached hydrogen (secondary N) is 1. The smallest absolute Gasteiger partial charge is 0.228 e. The number of aromatic nitrogens is 2. The van der Waals surface area contributed by atoms with Crippen LogP contribution in [0.15, 0.2) is 18.5 Å². The van der Waals surface area contributed by atoms with Crippen molar-refractivity contribution in [3.05, 3.63) is 18.5 Å². The predicted octanol–water partition coefficient (Wildman–Crippen LogP) is 0.0290. The zero-order valence-electron chi connectivity index (χ0n) is 13.4. The minimum Gasteiger partial charge on any atom is -0.384 e. The lowest BCUT2D eigenvalue weighted by atomic mass is 9.95. The largest absolute Gasteiger partial charge is 0.384 e. The summed E-state index contributed by atoms with van der Waals surface area (Å²) in [6.45, 7) is 5.35. The van der Waals surface area contributed by atoms with Crippen LogP contribution in [0.1, 0.15) is 0 Å². The Balaban J connectivity index is 0.00000192. The lowest BCUT2D eigenvalue weighted by molar-refractivity contribution is -0.137. The molecular weight excluding hydrogens is 318 g/mol. The van der Waals surface area contributed by atoms with E-state index in [1.807, 2.05) is 4.90 Å². The van der Waals surface area contributed by atoms with Crippen molar-refractivity contribution < 1.29 is 9.53 Å². The molecule has 0 aliphatic carbocycles. The molecule has 2 fully saturated rings. The number of carbonyl (C=O) groups excluding carboxylic acids is 1. The molecule has 1 amide bonds. The van der Waals surface area contributed by atoms with Crippen LogP contribution in [0.3, 0.4) is 0 Å². The molecule has 2 aliphatic heterocycles. The Bertz CT molecular complexity index is 498. The van der Waals surface area contributed by atoms with Crippen molar-refractivity contribution in [1.29, 1.82) is 0 Å². The van der Waals surface area contributed by atoms with E-state index in [0.29, 0.717) is 19.1 Å². The van der Waals surface area contributed by atoms with Crippen molar-refractivity contribution in [2.24, 2.45) is 11.8 Å². The summed E-state index contributed by atoms with van der Waals surface area (Å²) in [7, 11) is 1.69. The molecule has 0 unspecified atom stereocenters. The number of anilines is 1. The van der Waals surface area contributed by atoms with Gasteiger partial charge < -0.3 is 19.9 Å². The van der Waals surface area contributed by atoms with Gasteiger partial charge in [-0.15, -0.1) is 12.4 Å². The Hall–Kier alpha value is -1.44. The minimum atomic E-state index is -0.0399. The van der Waals surface area contributed by atoms with E-state index in [4.69, 9.17) is 4.74 Å². The van der Waals surface area contributed by atoms with Crippen molar-refractivity contribution in [1.82, 2.24) is 20.2 Å². The summed E-state index contributed by atoms with van der Waals surface area (Å²) in [5.41, 5.74) is 0. The maximum absolute atomic E-state index is 12.8. The van der Waals surface area contributed by atoms with Gasteiger partial charge in [-0.25, -0.2) is 9.97 Å². The highest BCUT2D eigenvalue weighted by atomic mass is 35.5. The number of hydrogen-bond acceptors (Lipinski definition) is 6. The maximum atomic E-state index is 12.8. The quantitative estimate of drug-likeness (QED) is 0.833. The van der Waals surface area contributed by atoms with Crippen LogP contribution in [0.2, 0.25) is 0 Å². The van der Waals surface area contributed by atoms with Crippen molar-refractivity contribution in [3.63, 3.8) is 0 Å². The second-order valence-corrected chi connectivity index (χ2v) is 5.85. The first-order valence-corrected chi connectivity index (χ1v) is 7.80. The Kier molecular flexibility index (Phi) is 6.56. The number of nitrogens with zero attached hydrogens (tertiary/aromatic N) is 4. The van der Waals surface area contributed by atoms with Gasteiger partial charge in [0.2, 0.25) is 11.9 Å². The van der Waals surface area contributed by atoms with E-state index >= 15 is 0 Å². The molecule has 8 heteroatoms. The summed E-state index contributed by atoms with van der Waals surface area (Å²) < 4.78 is 5.33. The normalized spacial score (nSPS) is 24.4. The van der Waals surface area contributed by atoms with Gasteiger partial charge in [0, 0.05) is 64.7 Å². The Labute approximate surface area is 142 Å². The third-order valence-corrected chi connectivity index (χ3v) is 4.40. The van der Waals surface area contributed by atoms with Crippen LogP contribution in [0.25, 0.3) is 0 Å². The number of hydrogen-bond donors (Lipinski definition) is 1. The number of rotatable bonds is 4. The fourth-order valence-corrected chi connectivity index (χ4v) is 3.27. The van der Waals surface area contributed by atoms with Gasteiger partial charge in [-0.1, -0.05) is 0 Å². The van der Waals surface area contributed by atoms with Gasteiger partial charge in [0.15, 0.2) is 0 Å². The summed E-state index contributed by atoms with van der Waals surface area (Å²) in [5.74, 6) is 1.08. The first-order valence-electron chi connectivity index (χ1n) is 7.80. The van der Waals surface area contributed by atoms with E-state index in [9.17, 15) is 4.79 Å². The highest BCUT2D eigenvalue weighted by Crippen LogP contribution is 2.28. The van der Waals surface area contributed by atoms with Crippen molar-refractivity contribution in [2.75, 3.05) is 57.9 Å². The molecule has 0 radical (unpaired) electrons. The minimum absolute atomic E-state index is 0. The van der Waals surface area contributed by atoms with Crippen LogP contribution in [-0.2, 0) is 9.53 Å². The number of amides is 1. The molecule has 3 heterocycles. The Morgan fingerprint density at radius 3 is 2.65 bits per heavy atom. The average Bonchev–Trinajstić information content (AvgIpc) is 3.00. The van der Waals surface area contributed by atoms with Gasteiger partial charge in [-0.3, -0.25) is 4.79 Å². The molecule has 1 aromatic heterocycles. The van der Waals surface area contributed by atoms with Gasteiger partial charge in [-0.2, -0.15) is 0 Å². The number of carbonyl (C=O) groups is 1. The van der Waals surface area contributed by atoms with E-state index in [1.165, 1.54) is 0 Å². The number of methoxy groups -OCH3 is 1. The SMILES string of the molecule is COC[C@@H]1CN(c2ncccn2)C[C@H]1C(=O)N1CCNCC1.Cl. The number of ether oxygens (including phenoxy) is 1. The first-order chi connectivity index (χ1) is 10.8. The predicted molar refractivity (Wildman–Crippen MR) is 89.8 cm³/mol. The van der Waals surface area contributed by atoms with Crippen molar-refractivity contribution in [3.8, 4) is 0 Å². The average molecular weight is 342 g/mol. The molecule has 0 spiro atoms. The second kappa shape index (κ2) is 8.42. The summed E-state index contributed by atoms with van der Waals surface area (Å²) in [6, 6.07) is 1.80. The zero-order valence-corrected chi connectivity index (χ0v) is 14.2. The maximum Gasteiger partial charge on any atom is 0.228 e. The highest BCUT2D eigenvalue weighted by Gasteiger charge is 2.40. The monoisotopic (exact) mass is 341 g/mol. The molecule has 1 aromatic rings. The van der Waals surface area contributed by atoms with Gasteiger partial charge in [0.25, 0.3) is 0 Å². The molecule has 1 N–H and O–H groups in total. The van der Waals surface area contributed by atoms with Gasteiger partial charge in [0.05, 0.1) is 12.5 Å². The number of halogens is 1. The Morgan fingerprint density at radius 1 is 1.30 bits per heavy atom. The van der Waals surface area contributed by atoms with Gasteiger partial charge >= 0.3 is 0 Å². The van der Waals surface area contributed by atoms with Crippen LogP contribution in [0.4, 0.5) is 5.95 Å². The molecule has 2 atom stereocenters. The third kappa shape index (κ3) is 4.10. The van der Waals surface area contributed by atoms with Crippen LogP contribution >= 0.6 is 12.4 Å². The number of piperazine rings is 1. The third-order valence-electron chi connectivity index (χ3n) is 4.40. The fourth-order valence-electron chi connectivity index (χ4n) is 3.27. The van der Waals surface area contributed by atoms with Gasteiger partial charge in [0.1, 0.15) is 0 Å². The van der Waals surface area contributed by atoms with Crippen LogP contribution < -0.4 is 10.2 Å². The summed E-state index contributed by atoms with van der Waals surface area (Å²) in [6.07, 6.45) is 3.47. The van der Waals surface area contributed by atoms with E-state index in [0.717, 1.165) is 32.7 Å². The molecule has 3 rings (SSSR count). The fraction of sp³-hybridized carbons (Fsp3) is 0.667. The molecule has 2 saturated heterocycles. The highest BCUT2D eigenvalue weighted by molar-refractivity contribution is 5.85. The lowest BCUT2D eigenvalue weighted by Gasteiger charge is -2.31. The lowest BCUT2D eigenvalue weighted by Crippen LogP contribution is -2.49.